The molecule has 1 aromatic heterocycles. The molecule has 4 rings (SSSR count). The summed E-state index contributed by atoms with van der Waals surface area (Å²) in [4.78, 5) is 28.9. The molecule has 1 N–H and O–H groups in total. The van der Waals surface area contributed by atoms with Crippen molar-refractivity contribution in [3.8, 4) is 0 Å². The number of carbonyl (C=O) groups excluding carboxylic acids is 2. The zero-order valence-electron chi connectivity index (χ0n) is 17.4. The van der Waals surface area contributed by atoms with E-state index >= 15 is 0 Å². The maximum absolute atomic E-state index is 12.6. The highest BCUT2D eigenvalue weighted by Crippen LogP contribution is 2.29. The third-order valence-corrected chi connectivity index (χ3v) is 5.67. The lowest BCUT2D eigenvalue weighted by molar-refractivity contribution is -0.133. The zero-order chi connectivity index (χ0) is 21.5. The summed E-state index contributed by atoms with van der Waals surface area (Å²) < 4.78 is 4.91. The van der Waals surface area contributed by atoms with Crippen LogP contribution in [0.25, 0.3) is 0 Å². The molecule has 160 valence electrons. The topological polar surface area (TPSA) is 65.8 Å². The van der Waals surface area contributed by atoms with Gasteiger partial charge in [-0.1, -0.05) is 60.7 Å². The fourth-order valence-corrected chi connectivity index (χ4v) is 4.05. The van der Waals surface area contributed by atoms with Gasteiger partial charge in [-0.15, -0.1) is 0 Å². The van der Waals surface area contributed by atoms with E-state index in [1.165, 1.54) is 23.7 Å². The molecule has 3 aromatic rings. The number of furan rings is 1. The third-order valence-electron chi connectivity index (χ3n) is 5.67. The molecule has 1 aliphatic rings. The van der Waals surface area contributed by atoms with Crippen LogP contribution in [0, 0.1) is 0 Å². The molecule has 0 radical (unpaired) electrons. The summed E-state index contributed by atoms with van der Waals surface area (Å²) in [7, 11) is 0. The second-order valence-electron chi connectivity index (χ2n) is 7.66. The summed E-state index contributed by atoms with van der Waals surface area (Å²) >= 11 is 0. The monoisotopic (exact) mass is 417 g/mol. The van der Waals surface area contributed by atoms with Crippen LogP contribution in [-0.4, -0.2) is 54.3 Å². The first kappa shape index (κ1) is 20.9. The van der Waals surface area contributed by atoms with Crippen molar-refractivity contribution >= 4 is 11.8 Å². The Labute approximate surface area is 182 Å². The van der Waals surface area contributed by atoms with Crippen LogP contribution in [0.3, 0.4) is 0 Å². The molecule has 0 aliphatic carbocycles. The van der Waals surface area contributed by atoms with Gasteiger partial charge in [-0.2, -0.15) is 0 Å². The average molecular weight is 418 g/mol. The Bertz CT molecular complexity index is 926. The SMILES string of the molecule is O=C(NCCC(=O)N1CCN(C(c2ccccc2)c2ccccc2)CC1)c1ccoc1. The van der Waals surface area contributed by atoms with E-state index in [1.54, 1.807) is 6.07 Å². The predicted molar refractivity (Wildman–Crippen MR) is 119 cm³/mol. The van der Waals surface area contributed by atoms with E-state index < -0.39 is 0 Å². The van der Waals surface area contributed by atoms with E-state index in [1.807, 2.05) is 17.0 Å². The molecule has 2 amide bonds. The molecule has 2 aromatic carbocycles. The molecular formula is C25H27N3O3. The number of nitrogens with one attached hydrogen (secondary N) is 1. The van der Waals surface area contributed by atoms with Crippen molar-refractivity contribution in [3.05, 3.63) is 95.9 Å². The Morgan fingerprint density at radius 2 is 1.48 bits per heavy atom. The molecule has 0 spiro atoms. The van der Waals surface area contributed by atoms with Gasteiger partial charge in [-0.3, -0.25) is 14.5 Å². The maximum Gasteiger partial charge on any atom is 0.254 e. The van der Waals surface area contributed by atoms with Gasteiger partial charge in [0.1, 0.15) is 6.26 Å². The van der Waals surface area contributed by atoms with E-state index in [4.69, 9.17) is 4.42 Å². The van der Waals surface area contributed by atoms with Crippen LogP contribution in [0.2, 0.25) is 0 Å². The number of piperazine rings is 1. The Morgan fingerprint density at radius 3 is 2.03 bits per heavy atom. The highest BCUT2D eigenvalue weighted by molar-refractivity contribution is 5.94. The molecule has 0 atom stereocenters. The molecule has 0 unspecified atom stereocenters. The number of hydrogen-bond donors (Lipinski definition) is 1. The van der Waals surface area contributed by atoms with Crippen molar-refractivity contribution in [1.29, 1.82) is 0 Å². The number of benzene rings is 2. The average Bonchev–Trinajstić information content (AvgIpc) is 3.36. The Balaban J connectivity index is 1.32. The summed E-state index contributed by atoms with van der Waals surface area (Å²) in [5, 5.41) is 2.77. The highest BCUT2D eigenvalue weighted by Gasteiger charge is 2.27. The summed E-state index contributed by atoms with van der Waals surface area (Å²) in [5.74, 6) is -0.150. The van der Waals surface area contributed by atoms with Crippen molar-refractivity contribution in [2.45, 2.75) is 12.5 Å². The van der Waals surface area contributed by atoms with Crippen LogP contribution < -0.4 is 5.32 Å². The van der Waals surface area contributed by atoms with E-state index in [0.29, 0.717) is 31.6 Å². The van der Waals surface area contributed by atoms with Gasteiger partial charge < -0.3 is 14.6 Å². The summed E-state index contributed by atoms with van der Waals surface area (Å²) in [6.45, 7) is 3.30. The van der Waals surface area contributed by atoms with Crippen LogP contribution in [-0.2, 0) is 4.79 Å². The lowest BCUT2D eigenvalue weighted by atomic mass is 9.96. The summed E-state index contributed by atoms with van der Waals surface area (Å²) in [6.07, 6.45) is 3.15. The van der Waals surface area contributed by atoms with Crippen LogP contribution in [0.4, 0.5) is 0 Å². The minimum Gasteiger partial charge on any atom is -0.472 e. The molecule has 6 heteroatoms. The highest BCUT2D eigenvalue weighted by atomic mass is 16.3. The van der Waals surface area contributed by atoms with E-state index in [-0.39, 0.29) is 17.9 Å². The third kappa shape index (κ3) is 5.22. The molecule has 0 saturated carbocycles. The van der Waals surface area contributed by atoms with Gasteiger partial charge in [-0.25, -0.2) is 0 Å². The number of carbonyl (C=O) groups is 2. The number of hydrogen-bond acceptors (Lipinski definition) is 4. The molecule has 1 aliphatic heterocycles. The van der Waals surface area contributed by atoms with Crippen molar-refractivity contribution in [3.63, 3.8) is 0 Å². The Morgan fingerprint density at radius 1 is 0.871 bits per heavy atom. The van der Waals surface area contributed by atoms with Gasteiger partial charge in [0.25, 0.3) is 5.91 Å². The second-order valence-corrected chi connectivity index (χ2v) is 7.66. The first-order valence-corrected chi connectivity index (χ1v) is 10.6. The quantitative estimate of drug-likeness (QED) is 0.640. The molecule has 6 nitrogen and oxygen atoms in total. The molecule has 31 heavy (non-hydrogen) atoms. The van der Waals surface area contributed by atoms with Gasteiger partial charge in [0.05, 0.1) is 17.9 Å². The molecular weight excluding hydrogens is 390 g/mol. The van der Waals surface area contributed by atoms with Gasteiger partial charge in [0.15, 0.2) is 0 Å². The Kier molecular flexibility index (Phi) is 6.79. The van der Waals surface area contributed by atoms with Crippen LogP contribution in [0.15, 0.2) is 83.7 Å². The van der Waals surface area contributed by atoms with Crippen molar-refractivity contribution in [2.24, 2.45) is 0 Å². The lowest BCUT2D eigenvalue weighted by Gasteiger charge is -2.40. The fraction of sp³-hybridized carbons (Fsp3) is 0.280. The van der Waals surface area contributed by atoms with E-state index in [9.17, 15) is 9.59 Å². The van der Waals surface area contributed by atoms with Gasteiger partial charge >= 0.3 is 0 Å². The standard InChI is InChI=1S/C25H27N3O3/c29-23(11-13-26-25(30)22-12-18-31-19-22)27-14-16-28(17-15-27)24(20-7-3-1-4-8-20)21-9-5-2-6-10-21/h1-10,12,18-19,24H,11,13-17H2,(H,26,30). The number of amides is 2. The first-order valence-electron chi connectivity index (χ1n) is 10.6. The minimum atomic E-state index is -0.222. The van der Waals surface area contributed by atoms with Crippen LogP contribution in [0.5, 0.6) is 0 Å². The summed E-state index contributed by atoms with van der Waals surface area (Å²) in [5.41, 5.74) is 2.99. The van der Waals surface area contributed by atoms with Gasteiger partial charge in [0, 0.05) is 39.1 Å². The van der Waals surface area contributed by atoms with Crippen LogP contribution in [0.1, 0.15) is 33.9 Å². The number of nitrogens with zero attached hydrogens (tertiary/aromatic N) is 2. The Hall–Kier alpha value is -3.38. The van der Waals surface area contributed by atoms with Gasteiger partial charge in [-0.05, 0) is 17.2 Å². The molecule has 0 bridgehead atoms. The molecule has 1 saturated heterocycles. The van der Waals surface area contributed by atoms with Crippen molar-refractivity contribution in [2.75, 3.05) is 32.7 Å². The van der Waals surface area contributed by atoms with E-state index in [0.717, 1.165) is 13.1 Å². The van der Waals surface area contributed by atoms with Crippen molar-refractivity contribution in [1.82, 2.24) is 15.1 Å². The van der Waals surface area contributed by atoms with Crippen molar-refractivity contribution < 1.29 is 14.0 Å². The largest absolute Gasteiger partial charge is 0.472 e. The smallest absolute Gasteiger partial charge is 0.254 e. The number of rotatable bonds is 7. The van der Waals surface area contributed by atoms with E-state index in [2.05, 4.69) is 58.7 Å². The first-order chi connectivity index (χ1) is 15.2. The van der Waals surface area contributed by atoms with Crippen LogP contribution >= 0.6 is 0 Å². The maximum atomic E-state index is 12.6. The predicted octanol–water partition coefficient (Wildman–Crippen LogP) is 3.33. The van der Waals surface area contributed by atoms with Gasteiger partial charge in [0.2, 0.25) is 5.91 Å². The minimum absolute atomic E-state index is 0.0723. The fourth-order valence-electron chi connectivity index (χ4n) is 4.05. The molecule has 2 heterocycles. The summed E-state index contributed by atoms with van der Waals surface area (Å²) in [6, 6.07) is 22.8. The molecule has 1 fully saturated rings. The zero-order valence-corrected chi connectivity index (χ0v) is 17.4. The normalized spacial score (nSPS) is 14.5. The lowest BCUT2D eigenvalue weighted by Crippen LogP contribution is -2.50. The second kappa shape index (κ2) is 10.1.